The third-order valence-electron chi connectivity index (χ3n) is 5.66. The second-order valence-electron chi connectivity index (χ2n) is 8.18. The lowest BCUT2D eigenvalue weighted by molar-refractivity contribution is 0.0497. The number of esters is 2. The first-order valence-electron chi connectivity index (χ1n) is 11.7. The van der Waals surface area contributed by atoms with E-state index >= 15 is 0 Å². The second-order valence-corrected chi connectivity index (χ2v) is 8.18. The molecular weight excluding hydrogens is 364 g/mol. The van der Waals surface area contributed by atoms with Crippen molar-refractivity contribution < 1.29 is 19.1 Å². The maximum atomic E-state index is 12.1. The number of fused-ring (bicyclic) bond motifs is 1. The van der Waals surface area contributed by atoms with Crippen LogP contribution in [0.25, 0.3) is 0 Å². The molecule has 0 N–H and O–H groups in total. The zero-order chi connectivity index (χ0) is 20.7. The van der Waals surface area contributed by atoms with Crippen LogP contribution in [0.4, 0.5) is 0 Å². The first-order chi connectivity index (χ1) is 14.2. The van der Waals surface area contributed by atoms with Crippen LogP contribution >= 0.6 is 0 Å². The number of unbranched alkanes of at least 4 members (excludes halogenated alkanes) is 13. The molecule has 2 rings (SSSR count). The van der Waals surface area contributed by atoms with E-state index < -0.39 is 0 Å². The molecule has 0 bridgehead atoms. The number of ether oxygens (including phenoxy) is 2. The lowest BCUT2D eigenvalue weighted by Crippen LogP contribution is -2.07. The third kappa shape index (κ3) is 9.01. The summed E-state index contributed by atoms with van der Waals surface area (Å²) in [5, 5.41) is 0. The van der Waals surface area contributed by atoms with Gasteiger partial charge in [0.05, 0.1) is 17.7 Å². The van der Waals surface area contributed by atoms with Gasteiger partial charge in [-0.05, 0) is 18.6 Å². The Kier molecular flexibility index (Phi) is 11.5. The summed E-state index contributed by atoms with van der Waals surface area (Å²) in [5.74, 6) is -0.719. The molecule has 29 heavy (non-hydrogen) atoms. The van der Waals surface area contributed by atoms with E-state index in [2.05, 4.69) is 6.92 Å². The topological polar surface area (TPSA) is 52.6 Å². The number of cyclic esters (lactones) is 1. The van der Waals surface area contributed by atoms with Crippen molar-refractivity contribution in [3.63, 3.8) is 0 Å². The van der Waals surface area contributed by atoms with Gasteiger partial charge in [-0.2, -0.15) is 0 Å². The summed E-state index contributed by atoms with van der Waals surface area (Å²) in [6.07, 6.45) is 18.3. The largest absolute Gasteiger partial charge is 0.462 e. The van der Waals surface area contributed by atoms with E-state index in [9.17, 15) is 9.59 Å². The zero-order valence-electron chi connectivity index (χ0n) is 18.2. The third-order valence-corrected chi connectivity index (χ3v) is 5.66. The molecule has 4 heteroatoms. The number of hydrogen-bond acceptors (Lipinski definition) is 4. The standard InChI is InChI=1S/C25H38O4/c1-2-3-4-5-6-7-8-9-10-11-12-13-14-15-18-28-24(26)21-16-17-22-20-29-25(27)23(22)19-21/h16-17,19H,2-15,18,20H2,1H3. The molecule has 1 aliphatic rings. The van der Waals surface area contributed by atoms with Gasteiger partial charge in [0.2, 0.25) is 0 Å². The number of rotatable bonds is 16. The van der Waals surface area contributed by atoms with Crippen molar-refractivity contribution in [2.24, 2.45) is 0 Å². The van der Waals surface area contributed by atoms with E-state index in [4.69, 9.17) is 9.47 Å². The SMILES string of the molecule is CCCCCCCCCCCCCCCCOC(=O)c1ccc2c(c1)C(=O)OC2. The van der Waals surface area contributed by atoms with Gasteiger partial charge in [0.1, 0.15) is 6.61 Å². The summed E-state index contributed by atoms with van der Waals surface area (Å²) in [4.78, 5) is 23.7. The highest BCUT2D eigenvalue weighted by molar-refractivity contribution is 5.97. The van der Waals surface area contributed by atoms with E-state index in [1.165, 1.54) is 77.0 Å². The summed E-state index contributed by atoms with van der Waals surface area (Å²) in [6, 6.07) is 5.05. The van der Waals surface area contributed by atoms with Gasteiger partial charge in [0, 0.05) is 5.56 Å². The van der Waals surface area contributed by atoms with E-state index in [1.807, 2.05) is 0 Å². The average molecular weight is 403 g/mol. The fourth-order valence-corrected chi connectivity index (χ4v) is 3.79. The van der Waals surface area contributed by atoms with Crippen LogP contribution in [-0.2, 0) is 16.1 Å². The Morgan fingerprint density at radius 3 is 2.00 bits per heavy atom. The molecule has 4 nitrogen and oxygen atoms in total. The van der Waals surface area contributed by atoms with Crippen molar-refractivity contribution in [1.82, 2.24) is 0 Å². The molecule has 1 aromatic carbocycles. The van der Waals surface area contributed by atoms with Crippen LogP contribution in [0.1, 0.15) is 123 Å². The Balaban J connectivity index is 1.40. The summed E-state index contributed by atoms with van der Waals surface area (Å²) in [5.41, 5.74) is 1.74. The molecule has 0 saturated carbocycles. The van der Waals surface area contributed by atoms with Crippen LogP contribution < -0.4 is 0 Å². The molecule has 1 aromatic rings. The Morgan fingerprint density at radius 2 is 1.41 bits per heavy atom. The number of carbonyl (C=O) groups excluding carboxylic acids is 2. The van der Waals surface area contributed by atoms with Crippen molar-refractivity contribution in [3.05, 3.63) is 34.9 Å². The Labute approximate surface area is 176 Å². The monoisotopic (exact) mass is 402 g/mol. The van der Waals surface area contributed by atoms with Gasteiger partial charge >= 0.3 is 11.9 Å². The molecule has 0 fully saturated rings. The minimum absolute atomic E-state index is 0.294. The van der Waals surface area contributed by atoms with Crippen molar-refractivity contribution in [2.45, 2.75) is 103 Å². The molecule has 0 radical (unpaired) electrons. The number of benzene rings is 1. The molecular formula is C25H38O4. The Bertz CT molecular complexity index is 623. The highest BCUT2D eigenvalue weighted by Gasteiger charge is 2.22. The normalized spacial score (nSPS) is 12.7. The molecule has 162 valence electrons. The maximum Gasteiger partial charge on any atom is 0.338 e. The van der Waals surface area contributed by atoms with Gasteiger partial charge in [-0.1, -0.05) is 96.5 Å². The van der Waals surface area contributed by atoms with Crippen LogP contribution in [0.2, 0.25) is 0 Å². The summed E-state index contributed by atoms with van der Waals surface area (Å²) < 4.78 is 10.3. The van der Waals surface area contributed by atoms with Crippen LogP contribution in [-0.4, -0.2) is 18.5 Å². The lowest BCUT2D eigenvalue weighted by Gasteiger charge is -2.06. The highest BCUT2D eigenvalue weighted by atomic mass is 16.5. The molecule has 0 amide bonds. The van der Waals surface area contributed by atoms with Gasteiger partial charge < -0.3 is 9.47 Å². The van der Waals surface area contributed by atoms with E-state index in [-0.39, 0.29) is 11.9 Å². The minimum Gasteiger partial charge on any atom is -0.462 e. The fourth-order valence-electron chi connectivity index (χ4n) is 3.79. The van der Waals surface area contributed by atoms with E-state index in [0.717, 1.165) is 18.4 Å². The predicted molar refractivity (Wildman–Crippen MR) is 116 cm³/mol. The van der Waals surface area contributed by atoms with E-state index in [0.29, 0.717) is 24.3 Å². The Morgan fingerprint density at radius 1 is 0.862 bits per heavy atom. The lowest BCUT2D eigenvalue weighted by atomic mass is 10.0. The van der Waals surface area contributed by atoms with Crippen LogP contribution in [0.3, 0.4) is 0 Å². The summed E-state index contributed by atoms with van der Waals surface area (Å²) >= 11 is 0. The van der Waals surface area contributed by atoms with Crippen molar-refractivity contribution in [3.8, 4) is 0 Å². The van der Waals surface area contributed by atoms with Gasteiger partial charge in [-0.15, -0.1) is 0 Å². The van der Waals surface area contributed by atoms with Gasteiger partial charge in [-0.3, -0.25) is 0 Å². The van der Waals surface area contributed by atoms with Crippen LogP contribution in [0.15, 0.2) is 18.2 Å². The summed E-state index contributed by atoms with van der Waals surface area (Å²) in [6.45, 7) is 3.00. The molecule has 0 saturated heterocycles. The maximum absolute atomic E-state index is 12.1. The first kappa shape index (κ1) is 23.4. The highest BCUT2D eigenvalue weighted by Crippen LogP contribution is 2.21. The van der Waals surface area contributed by atoms with Crippen LogP contribution in [0.5, 0.6) is 0 Å². The molecule has 0 atom stereocenters. The van der Waals surface area contributed by atoms with Crippen molar-refractivity contribution in [1.29, 1.82) is 0 Å². The zero-order valence-corrected chi connectivity index (χ0v) is 18.2. The molecule has 0 unspecified atom stereocenters. The number of carbonyl (C=O) groups is 2. The molecule has 0 aromatic heterocycles. The van der Waals surface area contributed by atoms with Gasteiger partial charge in [0.25, 0.3) is 0 Å². The minimum atomic E-state index is -0.360. The van der Waals surface area contributed by atoms with Gasteiger partial charge in [0.15, 0.2) is 0 Å². The Hall–Kier alpha value is -1.84. The fraction of sp³-hybridized carbons (Fsp3) is 0.680. The van der Waals surface area contributed by atoms with Crippen LogP contribution in [0, 0.1) is 0 Å². The van der Waals surface area contributed by atoms with E-state index in [1.54, 1.807) is 18.2 Å². The summed E-state index contributed by atoms with van der Waals surface area (Å²) in [7, 11) is 0. The molecule has 1 heterocycles. The average Bonchev–Trinajstić information content (AvgIpc) is 3.11. The second kappa shape index (κ2) is 14.2. The smallest absolute Gasteiger partial charge is 0.338 e. The number of hydrogen-bond donors (Lipinski definition) is 0. The molecule has 0 spiro atoms. The quantitative estimate of drug-likeness (QED) is 0.221. The predicted octanol–water partition coefficient (Wildman–Crippen LogP) is 7.00. The van der Waals surface area contributed by atoms with Crippen molar-refractivity contribution >= 4 is 11.9 Å². The van der Waals surface area contributed by atoms with Gasteiger partial charge in [-0.25, -0.2) is 9.59 Å². The molecule has 0 aliphatic carbocycles. The molecule has 1 aliphatic heterocycles. The van der Waals surface area contributed by atoms with Crippen molar-refractivity contribution in [2.75, 3.05) is 6.61 Å². The first-order valence-corrected chi connectivity index (χ1v) is 11.7.